The summed E-state index contributed by atoms with van der Waals surface area (Å²) in [5, 5.41) is 9.31. The Morgan fingerprint density at radius 2 is 1.91 bits per heavy atom. The van der Waals surface area contributed by atoms with Gasteiger partial charge in [0.2, 0.25) is 0 Å². The number of aryl methyl sites for hydroxylation is 1. The number of carbonyl (C=O) groups is 1. The van der Waals surface area contributed by atoms with Crippen molar-refractivity contribution in [3.63, 3.8) is 0 Å². The molecule has 0 amide bonds. The highest BCUT2D eigenvalue weighted by Crippen LogP contribution is 2.38. The molecule has 0 aliphatic rings. The van der Waals surface area contributed by atoms with Crippen LogP contribution in [0.4, 0.5) is 13.2 Å². The molecule has 4 rings (SSSR count). The van der Waals surface area contributed by atoms with E-state index in [9.17, 15) is 27.6 Å². The van der Waals surface area contributed by atoms with Crippen LogP contribution in [-0.4, -0.2) is 31.2 Å². The Kier molecular flexibility index (Phi) is 6.20. The fourth-order valence-corrected chi connectivity index (χ4v) is 4.65. The molecule has 0 aliphatic heterocycles. The molecule has 0 atom stereocenters. The number of alkyl halides is 3. The Morgan fingerprint density at radius 1 is 1.20 bits per heavy atom. The van der Waals surface area contributed by atoms with Crippen LogP contribution in [0.1, 0.15) is 11.3 Å². The third-order valence-corrected chi connectivity index (χ3v) is 6.33. The minimum Gasteiger partial charge on any atom is -0.482 e. The van der Waals surface area contributed by atoms with Gasteiger partial charge in [0.15, 0.2) is 6.61 Å². The zero-order valence-corrected chi connectivity index (χ0v) is 19.6. The topological polar surface area (TPSA) is 103 Å². The molecule has 2 aromatic carbocycles. The van der Waals surface area contributed by atoms with Gasteiger partial charge in [-0.15, -0.1) is 0 Å². The highest BCUT2D eigenvalue weighted by molar-refractivity contribution is 7.13. The molecule has 1 N–H and O–H groups in total. The number of halogens is 4. The van der Waals surface area contributed by atoms with E-state index in [1.165, 1.54) is 12.1 Å². The first-order chi connectivity index (χ1) is 16.4. The van der Waals surface area contributed by atoms with Crippen LogP contribution in [0, 0.1) is 6.92 Å². The van der Waals surface area contributed by atoms with Gasteiger partial charge in [0.1, 0.15) is 11.4 Å². The Bertz CT molecular complexity index is 1610. The van der Waals surface area contributed by atoms with Crippen molar-refractivity contribution < 1.29 is 27.8 Å². The second kappa shape index (κ2) is 8.86. The third-order valence-electron chi connectivity index (χ3n) is 5.22. The van der Waals surface area contributed by atoms with Crippen LogP contribution in [0.2, 0.25) is 5.02 Å². The van der Waals surface area contributed by atoms with Crippen LogP contribution in [0.15, 0.2) is 46.0 Å². The first-order valence-electron chi connectivity index (χ1n) is 9.83. The fraction of sp³-hybridized carbons (Fsp3) is 0.182. The van der Waals surface area contributed by atoms with E-state index < -0.39 is 35.7 Å². The van der Waals surface area contributed by atoms with Gasteiger partial charge in [0.05, 0.1) is 21.1 Å². The molecule has 0 saturated carbocycles. The van der Waals surface area contributed by atoms with Crippen molar-refractivity contribution in [2.75, 3.05) is 6.61 Å². The molecule has 0 aliphatic carbocycles. The molecule has 0 unspecified atom stereocenters. The number of aliphatic carboxylic acids is 1. The molecular formula is C22H15ClF3N3O5S. The normalized spacial score (nSPS) is 11.7. The lowest BCUT2D eigenvalue weighted by atomic mass is 10.0. The molecule has 4 aromatic rings. The van der Waals surface area contributed by atoms with Crippen molar-refractivity contribution in [3.05, 3.63) is 73.5 Å². The Hall–Kier alpha value is -3.64. The van der Waals surface area contributed by atoms with E-state index in [2.05, 4.69) is 4.37 Å². The summed E-state index contributed by atoms with van der Waals surface area (Å²) < 4.78 is 50.8. The van der Waals surface area contributed by atoms with Crippen LogP contribution >= 0.6 is 23.1 Å². The summed E-state index contributed by atoms with van der Waals surface area (Å²) in [5.41, 5.74) is -2.07. The van der Waals surface area contributed by atoms with Gasteiger partial charge >= 0.3 is 17.8 Å². The van der Waals surface area contributed by atoms with Crippen LogP contribution < -0.4 is 16.0 Å². The summed E-state index contributed by atoms with van der Waals surface area (Å²) in [7, 11) is 0.914. The third kappa shape index (κ3) is 4.54. The van der Waals surface area contributed by atoms with E-state index in [4.69, 9.17) is 21.4 Å². The number of nitrogens with zero attached hydrogens (tertiary/aromatic N) is 3. The SMILES string of the molecule is Cc1ccc(OCC(=O)O)cc1-c1nsc2cc(Cl)c(-n3c(=O)cc(C(F)(F)F)n(C)c3=O)cc12. The molecular weight excluding hydrogens is 511 g/mol. The number of fused-ring (bicyclic) bond motifs is 1. The molecule has 0 saturated heterocycles. The molecule has 13 heteroatoms. The molecule has 35 heavy (non-hydrogen) atoms. The van der Waals surface area contributed by atoms with Crippen molar-refractivity contribution >= 4 is 39.2 Å². The van der Waals surface area contributed by atoms with Crippen molar-refractivity contribution in [2.45, 2.75) is 13.1 Å². The van der Waals surface area contributed by atoms with Crippen molar-refractivity contribution in [1.29, 1.82) is 0 Å². The van der Waals surface area contributed by atoms with Crippen molar-refractivity contribution in [2.24, 2.45) is 7.05 Å². The van der Waals surface area contributed by atoms with E-state index >= 15 is 0 Å². The Balaban J connectivity index is 1.92. The fourth-order valence-electron chi connectivity index (χ4n) is 3.52. The average Bonchev–Trinajstić information content (AvgIpc) is 3.17. The lowest BCUT2D eigenvalue weighted by Crippen LogP contribution is -2.40. The van der Waals surface area contributed by atoms with Crippen LogP contribution in [0.3, 0.4) is 0 Å². The summed E-state index contributed by atoms with van der Waals surface area (Å²) in [6, 6.07) is 8.13. The molecule has 2 heterocycles. The smallest absolute Gasteiger partial charge is 0.431 e. The second-order valence-corrected chi connectivity index (χ2v) is 8.74. The lowest BCUT2D eigenvalue weighted by molar-refractivity contribution is -0.144. The summed E-state index contributed by atoms with van der Waals surface area (Å²) in [4.78, 5) is 36.2. The van der Waals surface area contributed by atoms with Gasteiger partial charge in [-0.1, -0.05) is 17.7 Å². The summed E-state index contributed by atoms with van der Waals surface area (Å²) in [6.07, 6.45) is -4.89. The first kappa shape index (κ1) is 24.5. The predicted molar refractivity (Wildman–Crippen MR) is 124 cm³/mol. The molecule has 0 fully saturated rings. The van der Waals surface area contributed by atoms with Crippen LogP contribution in [0.5, 0.6) is 5.75 Å². The zero-order chi connectivity index (χ0) is 25.7. The Morgan fingerprint density at radius 3 is 2.57 bits per heavy atom. The minimum atomic E-state index is -4.89. The predicted octanol–water partition coefficient (Wildman–Crippen LogP) is 4.26. The number of aromatic nitrogens is 3. The zero-order valence-electron chi connectivity index (χ0n) is 18.0. The lowest BCUT2D eigenvalue weighted by Gasteiger charge is -2.15. The number of carboxylic acids is 1. The number of hydrogen-bond acceptors (Lipinski definition) is 6. The molecule has 0 radical (unpaired) electrons. The van der Waals surface area contributed by atoms with Crippen LogP contribution in [0.25, 0.3) is 27.0 Å². The van der Waals surface area contributed by atoms with Crippen molar-refractivity contribution in [1.82, 2.24) is 13.5 Å². The number of carboxylic acid groups (broad SMARTS) is 1. The number of ether oxygens (including phenoxy) is 1. The second-order valence-electron chi connectivity index (χ2n) is 7.53. The molecule has 0 bridgehead atoms. The number of rotatable bonds is 5. The van der Waals surface area contributed by atoms with E-state index in [1.54, 1.807) is 25.1 Å². The number of benzene rings is 2. The van der Waals surface area contributed by atoms with Gasteiger partial charge in [-0.2, -0.15) is 17.5 Å². The summed E-state index contributed by atoms with van der Waals surface area (Å²) >= 11 is 7.41. The van der Waals surface area contributed by atoms with Gasteiger partial charge in [-0.05, 0) is 48.3 Å². The van der Waals surface area contributed by atoms with Gasteiger partial charge < -0.3 is 9.84 Å². The highest BCUT2D eigenvalue weighted by Gasteiger charge is 2.35. The maximum Gasteiger partial charge on any atom is 0.431 e. The van der Waals surface area contributed by atoms with Gasteiger partial charge in [-0.3, -0.25) is 9.36 Å². The van der Waals surface area contributed by atoms with Crippen molar-refractivity contribution in [3.8, 4) is 22.7 Å². The maximum atomic E-state index is 13.2. The minimum absolute atomic E-state index is 0.0260. The summed E-state index contributed by atoms with van der Waals surface area (Å²) in [5.74, 6) is -0.856. The van der Waals surface area contributed by atoms with E-state index in [1.807, 2.05) is 0 Å². The van der Waals surface area contributed by atoms with Gasteiger partial charge in [-0.25, -0.2) is 14.2 Å². The largest absolute Gasteiger partial charge is 0.482 e. The van der Waals surface area contributed by atoms with E-state index in [-0.39, 0.29) is 16.5 Å². The van der Waals surface area contributed by atoms with Crippen LogP contribution in [-0.2, 0) is 18.0 Å². The first-order valence-corrected chi connectivity index (χ1v) is 11.0. The molecule has 8 nitrogen and oxygen atoms in total. The van der Waals surface area contributed by atoms with E-state index in [0.717, 1.165) is 24.1 Å². The Labute approximate surface area is 203 Å². The van der Waals surface area contributed by atoms with Gasteiger partial charge in [0.25, 0.3) is 5.56 Å². The highest BCUT2D eigenvalue weighted by atomic mass is 35.5. The van der Waals surface area contributed by atoms with Gasteiger partial charge in [0, 0.05) is 24.1 Å². The monoisotopic (exact) mass is 525 g/mol. The average molecular weight is 526 g/mol. The maximum absolute atomic E-state index is 13.2. The summed E-state index contributed by atoms with van der Waals surface area (Å²) in [6.45, 7) is 1.26. The molecule has 2 aromatic heterocycles. The standard InChI is InChI=1S/C22H15ClF3N3O5S/c1-10-3-4-11(34-9-19(31)32)5-12(10)20-13-6-15(14(23)7-16(13)35-27-20)29-18(30)8-17(22(24,25)26)28(2)21(29)33/h3-8H,9H2,1-2H3,(H,31,32). The number of hydrogen-bond donors (Lipinski definition) is 1. The molecule has 0 spiro atoms. The molecule has 182 valence electrons. The van der Waals surface area contributed by atoms with E-state index in [0.29, 0.717) is 36.5 Å². The quantitative estimate of drug-likeness (QED) is 0.418.